The van der Waals surface area contributed by atoms with E-state index in [0.29, 0.717) is 5.92 Å². The molecule has 0 bridgehead atoms. The lowest BCUT2D eigenvalue weighted by Gasteiger charge is -2.20. The average Bonchev–Trinajstić information content (AvgIpc) is 3.45. The first-order valence-electron chi connectivity index (χ1n) is 8.36. The Kier molecular flexibility index (Phi) is 4.94. The summed E-state index contributed by atoms with van der Waals surface area (Å²) in [6, 6.07) is 19.2. The minimum absolute atomic E-state index is 0.0866. The van der Waals surface area contributed by atoms with Gasteiger partial charge < -0.3 is 10.6 Å². The van der Waals surface area contributed by atoms with Crippen LogP contribution in [0, 0.1) is 5.92 Å². The van der Waals surface area contributed by atoms with E-state index in [4.69, 9.17) is 0 Å². The summed E-state index contributed by atoms with van der Waals surface area (Å²) in [5.74, 6) is -0.734. The van der Waals surface area contributed by atoms with E-state index in [1.54, 1.807) is 0 Å². The van der Waals surface area contributed by atoms with Crippen molar-refractivity contribution < 1.29 is 9.59 Å². The molecule has 1 aliphatic carbocycles. The molecule has 3 rings (SSSR count). The van der Waals surface area contributed by atoms with Crippen LogP contribution in [0.1, 0.15) is 43.0 Å². The molecule has 0 aromatic heterocycles. The molecule has 4 nitrogen and oxygen atoms in total. The second-order valence-corrected chi connectivity index (χ2v) is 6.31. The fraction of sp³-hybridized carbons (Fsp3) is 0.300. The maximum absolute atomic E-state index is 12.3. The first-order chi connectivity index (χ1) is 11.6. The highest BCUT2D eigenvalue weighted by Gasteiger charge is 2.34. The van der Waals surface area contributed by atoms with E-state index in [-0.39, 0.29) is 12.1 Å². The van der Waals surface area contributed by atoms with Gasteiger partial charge in [-0.1, -0.05) is 60.7 Å². The Hall–Kier alpha value is -2.62. The zero-order valence-electron chi connectivity index (χ0n) is 13.7. The van der Waals surface area contributed by atoms with Crippen molar-refractivity contribution in [3.8, 4) is 0 Å². The van der Waals surface area contributed by atoms with E-state index in [1.807, 2.05) is 67.6 Å². The number of nitrogens with one attached hydrogen (secondary N) is 2. The lowest BCUT2D eigenvalue weighted by molar-refractivity contribution is -0.140. The molecule has 0 saturated heterocycles. The molecule has 2 N–H and O–H groups in total. The van der Waals surface area contributed by atoms with Crippen LogP contribution in [0.15, 0.2) is 60.7 Å². The van der Waals surface area contributed by atoms with Crippen LogP contribution in [-0.4, -0.2) is 11.8 Å². The SMILES string of the molecule is C[C@@H](NC(=O)C(=O)N[C@H](c1ccccc1)C1CC1)c1ccccc1. The topological polar surface area (TPSA) is 58.2 Å². The molecule has 4 heteroatoms. The van der Waals surface area contributed by atoms with E-state index in [1.165, 1.54) is 0 Å². The van der Waals surface area contributed by atoms with Crippen molar-refractivity contribution in [2.45, 2.75) is 31.8 Å². The summed E-state index contributed by atoms with van der Waals surface area (Å²) >= 11 is 0. The van der Waals surface area contributed by atoms with E-state index in [0.717, 1.165) is 24.0 Å². The molecular formula is C20H22N2O2. The maximum atomic E-state index is 12.3. The van der Waals surface area contributed by atoms with Crippen molar-refractivity contribution in [2.24, 2.45) is 5.92 Å². The molecular weight excluding hydrogens is 300 g/mol. The second-order valence-electron chi connectivity index (χ2n) is 6.31. The first kappa shape index (κ1) is 16.2. The van der Waals surface area contributed by atoms with Crippen LogP contribution in [0.5, 0.6) is 0 Å². The highest BCUT2D eigenvalue weighted by atomic mass is 16.2. The number of rotatable bonds is 5. The van der Waals surface area contributed by atoms with Crippen molar-refractivity contribution in [3.05, 3.63) is 71.8 Å². The zero-order valence-corrected chi connectivity index (χ0v) is 13.7. The minimum Gasteiger partial charge on any atom is -0.341 e. The Morgan fingerprint density at radius 2 is 1.33 bits per heavy atom. The van der Waals surface area contributed by atoms with Gasteiger partial charge in [-0.15, -0.1) is 0 Å². The zero-order chi connectivity index (χ0) is 16.9. The first-order valence-corrected chi connectivity index (χ1v) is 8.36. The highest BCUT2D eigenvalue weighted by Crippen LogP contribution is 2.40. The molecule has 1 aliphatic rings. The van der Waals surface area contributed by atoms with Crippen LogP contribution in [0.25, 0.3) is 0 Å². The third-order valence-electron chi connectivity index (χ3n) is 4.39. The number of amides is 2. The lowest BCUT2D eigenvalue weighted by atomic mass is 10.0. The highest BCUT2D eigenvalue weighted by molar-refractivity contribution is 6.35. The van der Waals surface area contributed by atoms with Crippen LogP contribution in [0.4, 0.5) is 0 Å². The molecule has 0 aliphatic heterocycles. The molecule has 1 fully saturated rings. The van der Waals surface area contributed by atoms with Crippen molar-refractivity contribution in [3.63, 3.8) is 0 Å². The summed E-state index contributed by atoms with van der Waals surface area (Å²) < 4.78 is 0. The summed E-state index contributed by atoms with van der Waals surface area (Å²) in [4.78, 5) is 24.5. The lowest BCUT2D eigenvalue weighted by Crippen LogP contribution is -2.42. The molecule has 24 heavy (non-hydrogen) atoms. The summed E-state index contributed by atoms with van der Waals surface area (Å²) in [5, 5.41) is 5.66. The van der Waals surface area contributed by atoms with Gasteiger partial charge in [-0.3, -0.25) is 9.59 Å². The quantitative estimate of drug-likeness (QED) is 0.831. The molecule has 0 spiro atoms. The predicted molar refractivity (Wildman–Crippen MR) is 93.0 cm³/mol. The average molecular weight is 322 g/mol. The van der Waals surface area contributed by atoms with E-state index in [9.17, 15) is 9.59 Å². The van der Waals surface area contributed by atoms with Crippen molar-refractivity contribution >= 4 is 11.8 Å². The van der Waals surface area contributed by atoms with Crippen LogP contribution >= 0.6 is 0 Å². The molecule has 124 valence electrons. The normalized spacial score (nSPS) is 16.0. The fourth-order valence-corrected chi connectivity index (χ4v) is 2.86. The van der Waals surface area contributed by atoms with Gasteiger partial charge in [0, 0.05) is 0 Å². The minimum atomic E-state index is -0.590. The Balaban J connectivity index is 1.62. The Labute approximate surface area is 142 Å². The summed E-state index contributed by atoms with van der Waals surface area (Å²) in [7, 11) is 0. The predicted octanol–water partition coefficient (Wildman–Crippen LogP) is 3.13. The largest absolute Gasteiger partial charge is 0.341 e. The van der Waals surface area contributed by atoms with Crippen LogP contribution in [-0.2, 0) is 9.59 Å². The van der Waals surface area contributed by atoms with Gasteiger partial charge in [0.2, 0.25) is 0 Å². The van der Waals surface area contributed by atoms with Gasteiger partial charge in [0.1, 0.15) is 0 Å². The van der Waals surface area contributed by atoms with Gasteiger partial charge in [0.15, 0.2) is 0 Å². The van der Waals surface area contributed by atoms with Gasteiger partial charge >= 0.3 is 11.8 Å². The van der Waals surface area contributed by atoms with Crippen LogP contribution in [0.3, 0.4) is 0 Å². The molecule has 0 unspecified atom stereocenters. The number of hydrogen-bond donors (Lipinski definition) is 2. The van der Waals surface area contributed by atoms with Crippen molar-refractivity contribution in [1.29, 1.82) is 0 Å². The van der Waals surface area contributed by atoms with E-state index >= 15 is 0 Å². The summed E-state index contributed by atoms with van der Waals surface area (Å²) in [6.07, 6.45) is 2.17. The number of carbonyl (C=O) groups excluding carboxylic acids is 2. The van der Waals surface area contributed by atoms with Gasteiger partial charge in [-0.2, -0.15) is 0 Å². The van der Waals surface area contributed by atoms with Crippen molar-refractivity contribution in [2.75, 3.05) is 0 Å². The summed E-state index contributed by atoms with van der Waals surface area (Å²) in [5.41, 5.74) is 2.03. The van der Waals surface area contributed by atoms with Crippen LogP contribution in [0.2, 0.25) is 0 Å². The fourth-order valence-electron chi connectivity index (χ4n) is 2.86. The van der Waals surface area contributed by atoms with Crippen molar-refractivity contribution in [1.82, 2.24) is 10.6 Å². The standard InChI is InChI=1S/C20H22N2O2/c1-14(15-8-4-2-5-9-15)21-19(23)20(24)22-18(17-12-13-17)16-10-6-3-7-11-16/h2-11,14,17-18H,12-13H2,1H3,(H,21,23)(H,22,24)/t14-,18-/m1/s1. The van der Waals surface area contributed by atoms with Gasteiger partial charge in [0.25, 0.3) is 0 Å². The molecule has 1 saturated carbocycles. The smallest absolute Gasteiger partial charge is 0.309 e. The molecule has 0 radical (unpaired) electrons. The number of carbonyl (C=O) groups is 2. The number of hydrogen-bond acceptors (Lipinski definition) is 2. The van der Waals surface area contributed by atoms with Gasteiger partial charge in [-0.05, 0) is 36.8 Å². The molecule has 2 atom stereocenters. The third-order valence-corrected chi connectivity index (χ3v) is 4.39. The molecule has 2 aromatic rings. The molecule has 0 heterocycles. The Morgan fingerprint density at radius 1 is 0.833 bits per heavy atom. The van der Waals surface area contributed by atoms with E-state index < -0.39 is 11.8 Å². The Bertz CT molecular complexity index is 696. The van der Waals surface area contributed by atoms with E-state index in [2.05, 4.69) is 10.6 Å². The number of benzene rings is 2. The Morgan fingerprint density at radius 3 is 1.88 bits per heavy atom. The maximum Gasteiger partial charge on any atom is 0.309 e. The van der Waals surface area contributed by atoms with Crippen LogP contribution < -0.4 is 10.6 Å². The molecule has 2 aromatic carbocycles. The monoisotopic (exact) mass is 322 g/mol. The second kappa shape index (κ2) is 7.30. The van der Waals surface area contributed by atoms with Gasteiger partial charge in [-0.25, -0.2) is 0 Å². The summed E-state index contributed by atoms with van der Waals surface area (Å²) in [6.45, 7) is 1.87. The third kappa shape index (κ3) is 4.02. The molecule has 2 amide bonds. The van der Waals surface area contributed by atoms with Gasteiger partial charge in [0.05, 0.1) is 12.1 Å².